The topological polar surface area (TPSA) is 107 Å². The van der Waals surface area contributed by atoms with Gasteiger partial charge < -0.3 is 14.6 Å². The Morgan fingerprint density at radius 2 is 2.19 bits per heavy atom. The summed E-state index contributed by atoms with van der Waals surface area (Å²) in [4.78, 5) is 32.6. The zero-order chi connectivity index (χ0) is 18.0. The van der Waals surface area contributed by atoms with Crippen molar-refractivity contribution < 1.29 is 18.8 Å². The van der Waals surface area contributed by atoms with Crippen molar-refractivity contribution in [3.63, 3.8) is 0 Å². The number of aromatic nitrogens is 3. The number of rotatable bonds is 5. The Kier molecular flexibility index (Phi) is 4.40. The van der Waals surface area contributed by atoms with E-state index < -0.39 is 11.5 Å². The van der Waals surface area contributed by atoms with Crippen LogP contribution in [0.25, 0.3) is 11.4 Å². The zero-order valence-corrected chi connectivity index (χ0v) is 14.3. The van der Waals surface area contributed by atoms with E-state index >= 15 is 0 Å². The molecule has 1 aliphatic heterocycles. The van der Waals surface area contributed by atoms with Crippen LogP contribution in [0.15, 0.2) is 29.0 Å². The standard InChI is InChI=1S/C18H20N4O4/c23-15-10-13(18(25-15)6-1-2-7-18)17(24)20-9-5-14-21-16(22-26-14)12-4-3-8-19-11-12/h3-4,8,11,13H,1-2,5-7,9-10H2,(H,20,24). The van der Waals surface area contributed by atoms with Gasteiger partial charge in [-0.25, -0.2) is 0 Å². The normalized spacial score (nSPS) is 21.1. The molecule has 0 aromatic carbocycles. The molecule has 8 heteroatoms. The molecule has 0 bridgehead atoms. The van der Waals surface area contributed by atoms with E-state index in [1.54, 1.807) is 18.5 Å². The molecule has 1 spiro atoms. The van der Waals surface area contributed by atoms with E-state index in [1.165, 1.54) is 0 Å². The van der Waals surface area contributed by atoms with Crippen LogP contribution in [-0.4, -0.2) is 39.1 Å². The molecule has 1 aliphatic carbocycles. The van der Waals surface area contributed by atoms with Gasteiger partial charge in [-0.3, -0.25) is 14.6 Å². The molecule has 2 aliphatic rings. The number of nitrogens with one attached hydrogen (secondary N) is 1. The largest absolute Gasteiger partial charge is 0.458 e. The molecule has 2 fully saturated rings. The van der Waals surface area contributed by atoms with Crippen molar-refractivity contribution in [1.29, 1.82) is 0 Å². The molecule has 1 saturated heterocycles. The molecule has 26 heavy (non-hydrogen) atoms. The monoisotopic (exact) mass is 356 g/mol. The van der Waals surface area contributed by atoms with Gasteiger partial charge in [-0.1, -0.05) is 5.16 Å². The van der Waals surface area contributed by atoms with Gasteiger partial charge in [0.1, 0.15) is 5.60 Å². The van der Waals surface area contributed by atoms with Gasteiger partial charge in [-0.05, 0) is 37.8 Å². The first-order valence-electron chi connectivity index (χ1n) is 8.89. The number of amides is 1. The molecule has 1 N–H and O–H groups in total. The second-order valence-corrected chi connectivity index (χ2v) is 6.80. The third-order valence-corrected chi connectivity index (χ3v) is 5.12. The van der Waals surface area contributed by atoms with E-state index in [4.69, 9.17) is 9.26 Å². The maximum absolute atomic E-state index is 12.6. The second-order valence-electron chi connectivity index (χ2n) is 6.80. The van der Waals surface area contributed by atoms with Gasteiger partial charge in [0.25, 0.3) is 0 Å². The van der Waals surface area contributed by atoms with Gasteiger partial charge in [0, 0.05) is 30.9 Å². The number of carbonyl (C=O) groups is 2. The first-order valence-corrected chi connectivity index (χ1v) is 8.89. The number of hydrogen-bond acceptors (Lipinski definition) is 7. The van der Waals surface area contributed by atoms with Crippen molar-refractivity contribution in [1.82, 2.24) is 20.4 Å². The summed E-state index contributed by atoms with van der Waals surface area (Å²) in [7, 11) is 0. The van der Waals surface area contributed by atoms with Gasteiger partial charge in [-0.15, -0.1) is 0 Å². The molecule has 0 radical (unpaired) electrons. The van der Waals surface area contributed by atoms with Crippen LogP contribution in [0, 0.1) is 5.92 Å². The summed E-state index contributed by atoms with van der Waals surface area (Å²) in [5, 5.41) is 6.81. The van der Waals surface area contributed by atoms with Gasteiger partial charge in [0.05, 0.1) is 12.3 Å². The Morgan fingerprint density at radius 1 is 1.35 bits per heavy atom. The predicted octanol–water partition coefficient (Wildman–Crippen LogP) is 1.67. The van der Waals surface area contributed by atoms with Gasteiger partial charge in [-0.2, -0.15) is 4.98 Å². The molecule has 1 amide bonds. The minimum atomic E-state index is -0.584. The van der Waals surface area contributed by atoms with Crippen molar-refractivity contribution in [2.75, 3.05) is 6.54 Å². The SMILES string of the molecule is O=C1CC(C(=O)NCCc2nc(-c3cccnc3)no2)C2(CCCC2)O1. The molecule has 136 valence electrons. The number of carbonyl (C=O) groups excluding carboxylic acids is 2. The number of hydrogen-bond donors (Lipinski definition) is 1. The minimum Gasteiger partial charge on any atom is -0.458 e. The van der Waals surface area contributed by atoms with Crippen LogP contribution in [0.5, 0.6) is 0 Å². The highest BCUT2D eigenvalue weighted by molar-refractivity contribution is 5.87. The Morgan fingerprint density at radius 3 is 2.96 bits per heavy atom. The van der Waals surface area contributed by atoms with Crippen molar-refractivity contribution in [3.8, 4) is 11.4 Å². The average molecular weight is 356 g/mol. The molecule has 4 rings (SSSR count). The lowest BCUT2D eigenvalue weighted by atomic mass is 9.85. The van der Waals surface area contributed by atoms with Crippen LogP contribution >= 0.6 is 0 Å². The molecule has 8 nitrogen and oxygen atoms in total. The number of ether oxygens (including phenoxy) is 1. The Hall–Kier alpha value is -2.77. The van der Waals surface area contributed by atoms with Crippen LogP contribution in [0.1, 0.15) is 38.0 Å². The van der Waals surface area contributed by atoms with E-state index in [0.717, 1.165) is 31.2 Å². The Bertz CT molecular complexity index is 799. The van der Waals surface area contributed by atoms with E-state index in [9.17, 15) is 9.59 Å². The first kappa shape index (κ1) is 16.7. The van der Waals surface area contributed by atoms with Crippen LogP contribution in [0.4, 0.5) is 0 Å². The number of esters is 1. The highest BCUT2D eigenvalue weighted by atomic mass is 16.6. The fourth-order valence-electron chi connectivity index (χ4n) is 3.83. The Labute approximate surface area is 150 Å². The van der Waals surface area contributed by atoms with Crippen molar-refractivity contribution >= 4 is 11.9 Å². The maximum atomic E-state index is 12.6. The summed E-state index contributed by atoms with van der Waals surface area (Å²) in [5.74, 6) is 0.110. The van der Waals surface area contributed by atoms with Crippen LogP contribution < -0.4 is 5.32 Å². The minimum absolute atomic E-state index is 0.134. The average Bonchev–Trinajstić information content (AvgIpc) is 3.37. The van der Waals surface area contributed by atoms with Crippen molar-refractivity contribution in [2.24, 2.45) is 5.92 Å². The lowest BCUT2D eigenvalue weighted by Gasteiger charge is -2.27. The smallest absolute Gasteiger partial charge is 0.307 e. The Balaban J connectivity index is 1.33. The number of nitrogens with zero attached hydrogens (tertiary/aromatic N) is 3. The molecular weight excluding hydrogens is 336 g/mol. The summed E-state index contributed by atoms with van der Waals surface area (Å²) < 4.78 is 10.7. The molecular formula is C18H20N4O4. The highest BCUT2D eigenvalue weighted by Crippen LogP contribution is 2.45. The highest BCUT2D eigenvalue weighted by Gasteiger charge is 2.53. The first-order chi connectivity index (χ1) is 12.7. The summed E-state index contributed by atoms with van der Waals surface area (Å²) in [6.45, 7) is 0.369. The molecule has 2 aromatic heterocycles. The third-order valence-electron chi connectivity index (χ3n) is 5.12. The number of pyridine rings is 1. The van der Waals surface area contributed by atoms with Crippen LogP contribution in [0.3, 0.4) is 0 Å². The third kappa shape index (κ3) is 3.18. The summed E-state index contributed by atoms with van der Waals surface area (Å²) in [6.07, 6.45) is 7.46. The fourth-order valence-corrected chi connectivity index (χ4v) is 3.83. The second kappa shape index (κ2) is 6.86. The van der Waals surface area contributed by atoms with Crippen LogP contribution in [0.2, 0.25) is 0 Å². The molecule has 1 unspecified atom stereocenters. The van der Waals surface area contributed by atoms with Crippen molar-refractivity contribution in [2.45, 2.75) is 44.1 Å². The van der Waals surface area contributed by atoms with E-state index in [2.05, 4.69) is 20.4 Å². The van der Waals surface area contributed by atoms with Gasteiger partial charge >= 0.3 is 5.97 Å². The molecule has 2 aromatic rings. The van der Waals surface area contributed by atoms with Crippen LogP contribution in [-0.2, 0) is 20.7 Å². The molecule has 1 saturated carbocycles. The zero-order valence-electron chi connectivity index (χ0n) is 14.3. The van der Waals surface area contributed by atoms with Crippen molar-refractivity contribution in [3.05, 3.63) is 30.4 Å². The quantitative estimate of drug-likeness (QED) is 0.812. The lowest BCUT2D eigenvalue weighted by molar-refractivity contribution is -0.149. The lowest BCUT2D eigenvalue weighted by Crippen LogP contribution is -2.43. The van der Waals surface area contributed by atoms with Gasteiger partial charge in [0.15, 0.2) is 0 Å². The van der Waals surface area contributed by atoms with E-state index in [-0.39, 0.29) is 18.3 Å². The maximum Gasteiger partial charge on any atom is 0.307 e. The summed E-state index contributed by atoms with van der Waals surface area (Å²) in [5.41, 5.74) is 0.190. The van der Waals surface area contributed by atoms with E-state index in [1.807, 2.05) is 6.07 Å². The summed E-state index contributed by atoms with van der Waals surface area (Å²) >= 11 is 0. The molecule has 3 heterocycles. The molecule has 1 atom stereocenters. The predicted molar refractivity (Wildman–Crippen MR) is 89.6 cm³/mol. The van der Waals surface area contributed by atoms with Gasteiger partial charge in [0.2, 0.25) is 17.6 Å². The van der Waals surface area contributed by atoms with E-state index in [0.29, 0.717) is 24.7 Å². The fraction of sp³-hybridized carbons (Fsp3) is 0.500. The summed E-state index contributed by atoms with van der Waals surface area (Å²) in [6, 6.07) is 3.65.